The molecular formula is C11H20N4. The van der Waals surface area contributed by atoms with E-state index < -0.39 is 0 Å². The summed E-state index contributed by atoms with van der Waals surface area (Å²) in [5, 5.41) is 3.31. The second kappa shape index (κ2) is 6.35. The summed E-state index contributed by atoms with van der Waals surface area (Å²) in [5.41, 5.74) is 0.971. The summed E-state index contributed by atoms with van der Waals surface area (Å²) < 4.78 is 0. The molecule has 1 aliphatic heterocycles. The van der Waals surface area contributed by atoms with Crippen molar-refractivity contribution in [2.45, 2.75) is 20.8 Å². The van der Waals surface area contributed by atoms with Crippen LogP contribution in [-0.2, 0) is 0 Å². The zero-order valence-electron chi connectivity index (χ0n) is 9.82. The molecule has 4 nitrogen and oxygen atoms in total. The van der Waals surface area contributed by atoms with E-state index in [1.54, 1.807) is 0 Å². The van der Waals surface area contributed by atoms with Gasteiger partial charge in [0.25, 0.3) is 0 Å². The van der Waals surface area contributed by atoms with Gasteiger partial charge in [-0.15, -0.1) is 0 Å². The number of anilines is 1. The van der Waals surface area contributed by atoms with E-state index in [2.05, 4.69) is 20.2 Å². The highest BCUT2D eigenvalue weighted by atomic mass is 15.2. The van der Waals surface area contributed by atoms with Crippen molar-refractivity contribution >= 4 is 5.82 Å². The van der Waals surface area contributed by atoms with Crippen LogP contribution in [0.3, 0.4) is 0 Å². The van der Waals surface area contributed by atoms with Crippen LogP contribution in [0.5, 0.6) is 0 Å². The molecule has 0 aromatic carbocycles. The molecule has 1 fully saturated rings. The Hall–Kier alpha value is -1.16. The molecule has 0 atom stereocenters. The van der Waals surface area contributed by atoms with Crippen LogP contribution in [0.15, 0.2) is 12.4 Å². The van der Waals surface area contributed by atoms with Crippen molar-refractivity contribution in [2.24, 2.45) is 0 Å². The molecule has 2 heterocycles. The molecule has 0 saturated carbocycles. The Bertz CT molecular complexity index is 264. The van der Waals surface area contributed by atoms with Crippen molar-refractivity contribution in [1.82, 2.24) is 15.3 Å². The Morgan fingerprint density at radius 3 is 2.33 bits per heavy atom. The van der Waals surface area contributed by atoms with Gasteiger partial charge in [0.2, 0.25) is 0 Å². The number of aryl methyl sites for hydroxylation is 1. The molecule has 0 amide bonds. The predicted molar refractivity (Wildman–Crippen MR) is 63.2 cm³/mol. The second-order valence-electron chi connectivity index (χ2n) is 3.25. The quantitative estimate of drug-likeness (QED) is 0.753. The number of nitrogens with zero attached hydrogens (tertiary/aromatic N) is 3. The average molecular weight is 208 g/mol. The zero-order valence-corrected chi connectivity index (χ0v) is 9.82. The van der Waals surface area contributed by atoms with Gasteiger partial charge in [0.15, 0.2) is 0 Å². The van der Waals surface area contributed by atoms with E-state index in [9.17, 15) is 0 Å². The van der Waals surface area contributed by atoms with Crippen molar-refractivity contribution in [3.8, 4) is 0 Å². The van der Waals surface area contributed by atoms with E-state index in [1.165, 1.54) is 0 Å². The molecule has 1 aromatic heterocycles. The second-order valence-corrected chi connectivity index (χ2v) is 3.25. The van der Waals surface area contributed by atoms with E-state index in [4.69, 9.17) is 0 Å². The monoisotopic (exact) mass is 208 g/mol. The van der Waals surface area contributed by atoms with Crippen LogP contribution < -0.4 is 10.2 Å². The average Bonchev–Trinajstić information content (AvgIpc) is 2.34. The largest absolute Gasteiger partial charge is 0.353 e. The summed E-state index contributed by atoms with van der Waals surface area (Å²) in [6.07, 6.45) is 3.66. The molecule has 4 heteroatoms. The molecule has 0 bridgehead atoms. The van der Waals surface area contributed by atoms with Gasteiger partial charge in [-0.3, -0.25) is 4.98 Å². The number of hydrogen-bond donors (Lipinski definition) is 1. The molecule has 1 N–H and O–H groups in total. The third-order valence-electron chi connectivity index (χ3n) is 2.21. The summed E-state index contributed by atoms with van der Waals surface area (Å²) in [5.74, 6) is 0.993. The highest BCUT2D eigenvalue weighted by molar-refractivity contribution is 5.36. The SMILES string of the molecule is CC.Cc1cnc(N2CCNCC2)cn1. The summed E-state index contributed by atoms with van der Waals surface area (Å²) in [6, 6.07) is 0. The molecule has 0 radical (unpaired) electrons. The maximum Gasteiger partial charge on any atom is 0.147 e. The van der Waals surface area contributed by atoms with E-state index in [0.717, 1.165) is 37.7 Å². The van der Waals surface area contributed by atoms with Gasteiger partial charge in [0, 0.05) is 26.2 Å². The van der Waals surface area contributed by atoms with Gasteiger partial charge in [-0.2, -0.15) is 0 Å². The first-order valence-corrected chi connectivity index (χ1v) is 5.60. The highest BCUT2D eigenvalue weighted by Gasteiger charge is 2.10. The van der Waals surface area contributed by atoms with E-state index in [-0.39, 0.29) is 0 Å². The number of hydrogen-bond acceptors (Lipinski definition) is 4. The van der Waals surface area contributed by atoms with E-state index in [0.29, 0.717) is 0 Å². The van der Waals surface area contributed by atoms with Crippen LogP contribution in [0.2, 0.25) is 0 Å². The van der Waals surface area contributed by atoms with E-state index >= 15 is 0 Å². The molecule has 1 aromatic rings. The lowest BCUT2D eigenvalue weighted by Crippen LogP contribution is -2.43. The molecule has 0 unspecified atom stereocenters. The fourth-order valence-corrected chi connectivity index (χ4v) is 1.44. The third-order valence-corrected chi connectivity index (χ3v) is 2.21. The van der Waals surface area contributed by atoms with Crippen molar-refractivity contribution in [3.05, 3.63) is 18.1 Å². The Balaban J connectivity index is 0.000000531. The highest BCUT2D eigenvalue weighted by Crippen LogP contribution is 2.08. The van der Waals surface area contributed by atoms with Crippen LogP contribution in [-0.4, -0.2) is 36.1 Å². The molecule has 84 valence electrons. The predicted octanol–water partition coefficient (Wildman–Crippen LogP) is 1.22. The normalized spacial score (nSPS) is 15.5. The maximum absolute atomic E-state index is 4.34. The smallest absolute Gasteiger partial charge is 0.147 e. The van der Waals surface area contributed by atoms with Crippen LogP contribution in [0.4, 0.5) is 5.82 Å². The lowest BCUT2D eigenvalue weighted by molar-refractivity contribution is 0.584. The van der Waals surface area contributed by atoms with Crippen molar-refractivity contribution in [1.29, 1.82) is 0 Å². The van der Waals surface area contributed by atoms with Crippen molar-refractivity contribution in [3.63, 3.8) is 0 Å². The molecule has 1 aliphatic rings. The molecular weight excluding hydrogens is 188 g/mol. The summed E-state index contributed by atoms with van der Waals surface area (Å²) >= 11 is 0. The minimum Gasteiger partial charge on any atom is -0.353 e. The zero-order chi connectivity index (χ0) is 11.1. The van der Waals surface area contributed by atoms with Crippen LogP contribution >= 0.6 is 0 Å². The molecule has 0 aliphatic carbocycles. The fraction of sp³-hybridized carbons (Fsp3) is 0.636. The minimum absolute atomic E-state index is 0.971. The van der Waals surface area contributed by atoms with Gasteiger partial charge in [0.05, 0.1) is 18.1 Å². The van der Waals surface area contributed by atoms with Gasteiger partial charge in [-0.1, -0.05) is 13.8 Å². The van der Waals surface area contributed by atoms with E-state index in [1.807, 2.05) is 33.2 Å². The van der Waals surface area contributed by atoms with Gasteiger partial charge in [-0.05, 0) is 6.92 Å². The number of rotatable bonds is 1. The first-order chi connectivity index (χ1) is 7.36. The standard InChI is InChI=1S/C9H14N4.C2H6/c1-8-6-12-9(7-11-8)13-4-2-10-3-5-13;1-2/h6-7,10H,2-5H2,1H3;1-2H3. The summed E-state index contributed by atoms with van der Waals surface area (Å²) in [4.78, 5) is 10.8. The summed E-state index contributed by atoms with van der Waals surface area (Å²) in [6.45, 7) is 10.1. The first-order valence-electron chi connectivity index (χ1n) is 5.60. The molecule has 2 rings (SSSR count). The van der Waals surface area contributed by atoms with Gasteiger partial charge < -0.3 is 10.2 Å². The molecule has 0 spiro atoms. The summed E-state index contributed by atoms with van der Waals surface area (Å²) in [7, 11) is 0. The van der Waals surface area contributed by atoms with Gasteiger partial charge in [0.1, 0.15) is 5.82 Å². The molecule has 15 heavy (non-hydrogen) atoms. The lowest BCUT2D eigenvalue weighted by atomic mass is 10.3. The van der Waals surface area contributed by atoms with Crippen LogP contribution in [0, 0.1) is 6.92 Å². The van der Waals surface area contributed by atoms with Gasteiger partial charge >= 0.3 is 0 Å². The third kappa shape index (κ3) is 3.47. The topological polar surface area (TPSA) is 41.1 Å². The fourth-order valence-electron chi connectivity index (χ4n) is 1.44. The maximum atomic E-state index is 4.34. The minimum atomic E-state index is 0.971. The van der Waals surface area contributed by atoms with Gasteiger partial charge in [-0.25, -0.2) is 4.98 Å². The number of aromatic nitrogens is 2. The first kappa shape index (κ1) is 11.9. The van der Waals surface area contributed by atoms with Crippen molar-refractivity contribution < 1.29 is 0 Å². The van der Waals surface area contributed by atoms with Crippen LogP contribution in [0.25, 0.3) is 0 Å². The number of nitrogens with one attached hydrogen (secondary N) is 1. The van der Waals surface area contributed by atoms with Crippen molar-refractivity contribution in [2.75, 3.05) is 31.1 Å². The number of piperazine rings is 1. The van der Waals surface area contributed by atoms with Crippen LogP contribution in [0.1, 0.15) is 19.5 Å². The Morgan fingerprint density at radius 1 is 1.13 bits per heavy atom. The Kier molecular flexibility index (Phi) is 5.04. The Labute approximate surface area is 91.7 Å². The lowest BCUT2D eigenvalue weighted by Gasteiger charge is -2.27. The molecule has 1 saturated heterocycles. The Morgan fingerprint density at radius 2 is 1.80 bits per heavy atom.